The first-order valence-corrected chi connectivity index (χ1v) is 8.04. The van der Waals surface area contributed by atoms with E-state index in [0.29, 0.717) is 17.9 Å². The first-order valence-electron chi connectivity index (χ1n) is 8.04. The van der Waals surface area contributed by atoms with Crippen molar-refractivity contribution < 1.29 is 19.0 Å². The molecule has 6 heteroatoms. The fourth-order valence-electron chi connectivity index (χ4n) is 2.46. The van der Waals surface area contributed by atoms with Crippen LogP contribution in [0.15, 0.2) is 18.2 Å². The van der Waals surface area contributed by atoms with E-state index in [-0.39, 0.29) is 0 Å². The van der Waals surface area contributed by atoms with Gasteiger partial charge in [-0.1, -0.05) is 0 Å². The molecule has 0 unspecified atom stereocenters. The van der Waals surface area contributed by atoms with Crippen LogP contribution in [0.25, 0.3) is 0 Å². The zero-order chi connectivity index (χ0) is 17.6. The fraction of sp³-hybridized carbons (Fsp3) is 0.556. The molecule has 130 valence electrons. The zero-order valence-corrected chi connectivity index (χ0v) is 14.5. The molecule has 1 aliphatic heterocycles. The lowest BCUT2D eigenvalue weighted by atomic mass is 9.85. The number of carbonyl (C=O) groups excluding carboxylic acids is 1. The predicted octanol–water partition coefficient (Wildman–Crippen LogP) is 1.99. The van der Waals surface area contributed by atoms with Crippen LogP contribution < -0.4 is 4.74 Å². The Bertz CT molecular complexity index is 616. The van der Waals surface area contributed by atoms with E-state index in [0.717, 1.165) is 38.4 Å². The van der Waals surface area contributed by atoms with Gasteiger partial charge in [0.2, 0.25) is 0 Å². The second kappa shape index (κ2) is 8.13. The van der Waals surface area contributed by atoms with Gasteiger partial charge in [-0.3, -0.25) is 4.90 Å². The Labute approximate surface area is 142 Å². The molecule has 1 heterocycles. The summed E-state index contributed by atoms with van der Waals surface area (Å²) in [6.45, 7) is 8.22. The topological polar surface area (TPSA) is 71.8 Å². The molecule has 1 fully saturated rings. The highest BCUT2D eigenvalue weighted by Gasteiger charge is 2.23. The number of methoxy groups -OCH3 is 1. The SMILES string of the molecule is COC(=O)c1cc(OCCN2CCOCC2)cc(C(C)(C)C#N)c1. The van der Waals surface area contributed by atoms with Crippen molar-refractivity contribution in [3.8, 4) is 11.8 Å². The lowest BCUT2D eigenvalue weighted by Gasteiger charge is -2.26. The van der Waals surface area contributed by atoms with E-state index in [1.54, 1.807) is 26.0 Å². The van der Waals surface area contributed by atoms with E-state index in [1.165, 1.54) is 7.11 Å². The van der Waals surface area contributed by atoms with Gasteiger partial charge in [-0.15, -0.1) is 0 Å². The second-order valence-corrected chi connectivity index (χ2v) is 6.28. The third kappa shape index (κ3) is 4.70. The van der Waals surface area contributed by atoms with Crippen LogP contribution in [0.2, 0.25) is 0 Å². The first-order chi connectivity index (χ1) is 11.5. The number of hydrogen-bond acceptors (Lipinski definition) is 6. The van der Waals surface area contributed by atoms with Crippen LogP contribution in [-0.2, 0) is 14.9 Å². The summed E-state index contributed by atoms with van der Waals surface area (Å²) < 4.78 is 15.9. The van der Waals surface area contributed by atoms with Crippen molar-refractivity contribution in [3.63, 3.8) is 0 Å². The van der Waals surface area contributed by atoms with Crippen molar-refractivity contribution in [2.24, 2.45) is 0 Å². The molecule has 0 atom stereocenters. The van der Waals surface area contributed by atoms with Gasteiger partial charge in [-0.05, 0) is 37.6 Å². The first kappa shape index (κ1) is 18.2. The monoisotopic (exact) mass is 332 g/mol. The molecule has 1 aliphatic rings. The number of ether oxygens (including phenoxy) is 3. The number of benzene rings is 1. The van der Waals surface area contributed by atoms with Gasteiger partial charge in [0, 0.05) is 19.6 Å². The Morgan fingerprint density at radius 1 is 1.33 bits per heavy atom. The van der Waals surface area contributed by atoms with Crippen LogP contribution in [0.5, 0.6) is 5.75 Å². The molecule has 0 N–H and O–H groups in total. The molecule has 1 aromatic carbocycles. The van der Waals surface area contributed by atoms with E-state index in [9.17, 15) is 10.1 Å². The molecule has 0 aliphatic carbocycles. The summed E-state index contributed by atoms with van der Waals surface area (Å²) in [6, 6.07) is 7.40. The Balaban J connectivity index is 2.11. The van der Waals surface area contributed by atoms with E-state index in [4.69, 9.17) is 14.2 Å². The molecule has 0 spiro atoms. The highest BCUT2D eigenvalue weighted by atomic mass is 16.5. The van der Waals surface area contributed by atoms with Crippen LogP contribution in [-0.4, -0.2) is 57.4 Å². The van der Waals surface area contributed by atoms with Gasteiger partial charge in [0.25, 0.3) is 0 Å². The highest BCUT2D eigenvalue weighted by molar-refractivity contribution is 5.90. The summed E-state index contributed by atoms with van der Waals surface area (Å²) in [5.74, 6) is 0.133. The van der Waals surface area contributed by atoms with Crippen molar-refractivity contribution in [3.05, 3.63) is 29.3 Å². The van der Waals surface area contributed by atoms with Gasteiger partial charge in [0.1, 0.15) is 12.4 Å². The molecule has 2 rings (SSSR count). The van der Waals surface area contributed by atoms with Crippen molar-refractivity contribution >= 4 is 5.97 Å². The van der Waals surface area contributed by atoms with Crippen LogP contribution in [0.1, 0.15) is 29.8 Å². The molecular weight excluding hydrogens is 308 g/mol. The summed E-state index contributed by atoms with van der Waals surface area (Å²) in [5, 5.41) is 9.35. The zero-order valence-electron chi connectivity index (χ0n) is 14.5. The molecule has 1 aromatic rings. The molecular formula is C18H24N2O4. The van der Waals surface area contributed by atoms with Crippen LogP contribution >= 0.6 is 0 Å². The molecule has 0 radical (unpaired) electrons. The largest absolute Gasteiger partial charge is 0.492 e. The van der Waals surface area contributed by atoms with E-state index in [1.807, 2.05) is 6.07 Å². The average molecular weight is 332 g/mol. The summed E-state index contributed by atoms with van der Waals surface area (Å²) in [4.78, 5) is 14.1. The standard InChI is InChI=1S/C18H24N2O4/c1-18(2,13-19)15-10-14(17(21)22-3)11-16(12-15)24-9-6-20-4-7-23-8-5-20/h10-12H,4-9H2,1-3H3. The van der Waals surface area contributed by atoms with Crippen molar-refractivity contribution in [2.45, 2.75) is 19.3 Å². The maximum atomic E-state index is 11.9. The van der Waals surface area contributed by atoms with Gasteiger partial charge in [-0.2, -0.15) is 5.26 Å². The summed E-state index contributed by atoms with van der Waals surface area (Å²) in [5.41, 5.74) is 0.403. The molecule has 0 aromatic heterocycles. The van der Waals surface area contributed by atoms with Gasteiger partial charge in [0.05, 0.1) is 37.4 Å². The number of hydrogen-bond donors (Lipinski definition) is 0. The maximum absolute atomic E-state index is 11.9. The molecule has 1 saturated heterocycles. The van der Waals surface area contributed by atoms with Gasteiger partial charge in [-0.25, -0.2) is 4.79 Å². The Hall–Kier alpha value is -2.10. The van der Waals surface area contributed by atoms with Crippen LogP contribution in [0.4, 0.5) is 0 Å². The molecule has 6 nitrogen and oxygen atoms in total. The van der Waals surface area contributed by atoms with Gasteiger partial charge in [0.15, 0.2) is 0 Å². The van der Waals surface area contributed by atoms with Crippen LogP contribution in [0, 0.1) is 11.3 Å². The van der Waals surface area contributed by atoms with E-state index in [2.05, 4.69) is 11.0 Å². The minimum Gasteiger partial charge on any atom is -0.492 e. The van der Waals surface area contributed by atoms with E-state index < -0.39 is 11.4 Å². The number of carbonyl (C=O) groups is 1. The third-order valence-corrected chi connectivity index (χ3v) is 4.11. The number of nitrogens with zero attached hydrogens (tertiary/aromatic N) is 2. The minimum atomic E-state index is -0.716. The molecule has 0 bridgehead atoms. The lowest BCUT2D eigenvalue weighted by Crippen LogP contribution is -2.38. The average Bonchev–Trinajstić information content (AvgIpc) is 2.61. The van der Waals surface area contributed by atoms with Crippen molar-refractivity contribution in [1.29, 1.82) is 5.26 Å². The molecule has 0 saturated carbocycles. The number of esters is 1. The number of nitriles is 1. The molecule has 24 heavy (non-hydrogen) atoms. The van der Waals surface area contributed by atoms with E-state index >= 15 is 0 Å². The lowest BCUT2D eigenvalue weighted by molar-refractivity contribution is 0.0322. The third-order valence-electron chi connectivity index (χ3n) is 4.11. The predicted molar refractivity (Wildman–Crippen MR) is 89.2 cm³/mol. The fourth-order valence-corrected chi connectivity index (χ4v) is 2.46. The van der Waals surface area contributed by atoms with Gasteiger partial charge >= 0.3 is 5.97 Å². The number of rotatable bonds is 6. The smallest absolute Gasteiger partial charge is 0.337 e. The Morgan fingerprint density at radius 2 is 2.04 bits per heavy atom. The van der Waals surface area contributed by atoms with Gasteiger partial charge < -0.3 is 14.2 Å². The summed E-state index contributed by atoms with van der Waals surface area (Å²) >= 11 is 0. The van der Waals surface area contributed by atoms with Crippen molar-refractivity contribution in [1.82, 2.24) is 4.90 Å². The maximum Gasteiger partial charge on any atom is 0.337 e. The Kier molecular flexibility index (Phi) is 6.18. The van der Waals surface area contributed by atoms with Crippen molar-refractivity contribution in [2.75, 3.05) is 46.6 Å². The van der Waals surface area contributed by atoms with Crippen LogP contribution in [0.3, 0.4) is 0 Å². The number of morpholine rings is 1. The second-order valence-electron chi connectivity index (χ2n) is 6.28. The normalized spacial score (nSPS) is 15.6. The molecule has 0 amide bonds. The minimum absolute atomic E-state index is 0.389. The summed E-state index contributed by atoms with van der Waals surface area (Å²) in [7, 11) is 1.34. The quantitative estimate of drug-likeness (QED) is 0.742. The highest BCUT2D eigenvalue weighted by Crippen LogP contribution is 2.28. The summed E-state index contributed by atoms with van der Waals surface area (Å²) in [6.07, 6.45) is 0. The Morgan fingerprint density at radius 3 is 2.67 bits per heavy atom.